The van der Waals surface area contributed by atoms with Gasteiger partial charge in [-0.25, -0.2) is 4.39 Å². The van der Waals surface area contributed by atoms with Crippen molar-refractivity contribution >= 4 is 11.4 Å². The summed E-state index contributed by atoms with van der Waals surface area (Å²) in [7, 11) is 1.92. The van der Waals surface area contributed by atoms with Crippen LogP contribution in [0.1, 0.15) is 19.4 Å². The first-order valence-corrected chi connectivity index (χ1v) is 6.73. The minimum atomic E-state index is -0.236. The Hall–Kier alpha value is -1.94. The highest BCUT2D eigenvalue weighted by molar-refractivity contribution is 5.64. The molecule has 0 saturated heterocycles. The largest absolute Gasteiger partial charge is 0.343 e. The number of pyridine rings is 1. The van der Waals surface area contributed by atoms with Gasteiger partial charge in [0.15, 0.2) is 0 Å². The molecule has 1 aromatic carbocycles. The van der Waals surface area contributed by atoms with Crippen LogP contribution < -0.4 is 10.2 Å². The van der Waals surface area contributed by atoms with Crippen LogP contribution in [0, 0.1) is 5.82 Å². The zero-order valence-electron chi connectivity index (χ0n) is 12.1. The third-order valence-corrected chi connectivity index (χ3v) is 3.15. The van der Waals surface area contributed by atoms with E-state index in [9.17, 15) is 4.39 Å². The molecule has 2 aromatic rings. The second-order valence-corrected chi connectivity index (χ2v) is 5.08. The lowest BCUT2D eigenvalue weighted by atomic mass is 10.2. The molecule has 106 valence electrons. The molecule has 0 saturated carbocycles. The van der Waals surface area contributed by atoms with Crippen LogP contribution in [0.5, 0.6) is 0 Å². The molecule has 20 heavy (non-hydrogen) atoms. The predicted octanol–water partition coefficient (Wildman–Crippen LogP) is 3.49. The van der Waals surface area contributed by atoms with Gasteiger partial charge < -0.3 is 10.2 Å². The highest BCUT2D eigenvalue weighted by Crippen LogP contribution is 2.26. The molecule has 1 aromatic heterocycles. The molecule has 0 fully saturated rings. The number of hydrogen-bond donors (Lipinski definition) is 1. The summed E-state index contributed by atoms with van der Waals surface area (Å²) >= 11 is 0. The summed E-state index contributed by atoms with van der Waals surface area (Å²) in [6.07, 6.45) is 3.59. The molecule has 0 aliphatic heterocycles. The zero-order chi connectivity index (χ0) is 14.5. The zero-order valence-corrected chi connectivity index (χ0v) is 12.1. The number of aromatic nitrogens is 1. The molecule has 0 amide bonds. The molecule has 1 N–H and O–H groups in total. The first-order chi connectivity index (χ1) is 9.58. The van der Waals surface area contributed by atoms with E-state index in [1.807, 2.05) is 30.3 Å². The maximum Gasteiger partial charge on any atom is 0.125 e. The Bertz CT molecular complexity index is 569. The van der Waals surface area contributed by atoms with Gasteiger partial charge in [0.25, 0.3) is 0 Å². The number of hydrogen-bond acceptors (Lipinski definition) is 3. The van der Waals surface area contributed by atoms with Gasteiger partial charge in [-0.15, -0.1) is 0 Å². The van der Waals surface area contributed by atoms with Crippen LogP contribution in [0.25, 0.3) is 0 Å². The molecule has 1 heterocycles. The number of rotatable bonds is 5. The average Bonchev–Trinajstić information content (AvgIpc) is 2.44. The average molecular weight is 273 g/mol. The van der Waals surface area contributed by atoms with Crippen LogP contribution >= 0.6 is 0 Å². The molecule has 3 nitrogen and oxygen atoms in total. The van der Waals surface area contributed by atoms with E-state index in [1.54, 1.807) is 12.3 Å². The first kappa shape index (κ1) is 14.5. The van der Waals surface area contributed by atoms with Crippen molar-refractivity contribution in [3.8, 4) is 0 Å². The third kappa shape index (κ3) is 3.54. The number of nitrogens with one attached hydrogen (secondary N) is 1. The SMILES string of the molecule is CC(C)NCc1ccncc1N(C)c1cccc(F)c1. The van der Waals surface area contributed by atoms with Crippen LogP contribution in [0.3, 0.4) is 0 Å². The Morgan fingerprint density at radius 3 is 2.80 bits per heavy atom. The third-order valence-electron chi connectivity index (χ3n) is 3.15. The molecule has 0 unspecified atom stereocenters. The van der Waals surface area contributed by atoms with Crippen molar-refractivity contribution in [3.05, 3.63) is 54.1 Å². The van der Waals surface area contributed by atoms with Crippen LogP contribution in [0.15, 0.2) is 42.7 Å². The fourth-order valence-electron chi connectivity index (χ4n) is 2.00. The van der Waals surface area contributed by atoms with E-state index in [0.29, 0.717) is 6.04 Å². The minimum Gasteiger partial charge on any atom is -0.343 e. The maximum absolute atomic E-state index is 13.3. The summed E-state index contributed by atoms with van der Waals surface area (Å²) in [5.74, 6) is -0.236. The Kier molecular flexibility index (Phi) is 4.69. The maximum atomic E-state index is 13.3. The van der Waals surface area contributed by atoms with E-state index >= 15 is 0 Å². The van der Waals surface area contributed by atoms with Gasteiger partial charge in [-0.1, -0.05) is 19.9 Å². The summed E-state index contributed by atoms with van der Waals surface area (Å²) < 4.78 is 13.3. The lowest BCUT2D eigenvalue weighted by Gasteiger charge is -2.22. The second-order valence-electron chi connectivity index (χ2n) is 5.08. The summed E-state index contributed by atoms with van der Waals surface area (Å²) in [6.45, 7) is 4.98. The molecular formula is C16H20FN3. The summed E-state index contributed by atoms with van der Waals surface area (Å²) in [4.78, 5) is 6.13. The topological polar surface area (TPSA) is 28.2 Å². The second kappa shape index (κ2) is 6.48. The van der Waals surface area contributed by atoms with E-state index in [1.165, 1.54) is 12.1 Å². The molecular weight excluding hydrogens is 253 g/mol. The van der Waals surface area contributed by atoms with Gasteiger partial charge in [-0.05, 0) is 29.8 Å². The monoisotopic (exact) mass is 273 g/mol. The highest BCUT2D eigenvalue weighted by Gasteiger charge is 2.10. The van der Waals surface area contributed by atoms with E-state index in [0.717, 1.165) is 23.5 Å². The predicted molar refractivity (Wildman–Crippen MR) is 80.7 cm³/mol. The van der Waals surface area contributed by atoms with Gasteiger partial charge in [0.05, 0.1) is 11.9 Å². The van der Waals surface area contributed by atoms with E-state index < -0.39 is 0 Å². The van der Waals surface area contributed by atoms with Crippen molar-refractivity contribution in [2.75, 3.05) is 11.9 Å². The fraction of sp³-hybridized carbons (Fsp3) is 0.312. The van der Waals surface area contributed by atoms with Gasteiger partial charge >= 0.3 is 0 Å². The van der Waals surface area contributed by atoms with E-state index in [-0.39, 0.29) is 5.82 Å². The minimum absolute atomic E-state index is 0.236. The summed E-state index contributed by atoms with van der Waals surface area (Å²) in [5.41, 5.74) is 2.93. The smallest absolute Gasteiger partial charge is 0.125 e. The number of nitrogens with zero attached hydrogens (tertiary/aromatic N) is 2. The van der Waals surface area contributed by atoms with E-state index in [4.69, 9.17) is 0 Å². The molecule has 0 aliphatic carbocycles. The first-order valence-electron chi connectivity index (χ1n) is 6.73. The van der Waals surface area contributed by atoms with Crippen LogP contribution in [0.2, 0.25) is 0 Å². The number of halogens is 1. The van der Waals surface area contributed by atoms with Crippen LogP contribution in [-0.2, 0) is 6.54 Å². The Morgan fingerprint density at radius 1 is 1.30 bits per heavy atom. The Labute approximate surface area is 119 Å². The number of anilines is 2. The van der Waals surface area contributed by atoms with Crippen LogP contribution in [0.4, 0.5) is 15.8 Å². The molecule has 0 radical (unpaired) electrons. The molecule has 0 spiro atoms. The molecule has 0 atom stereocenters. The van der Waals surface area contributed by atoms with Crippen molar-refractivity contribution in [3.63, 3.8) is 0 Å². The lowest BCUT2D eigenvalue weighted by molar-refractivity contribution is 0.588. The molecule has 4 heteroatoms. The molecule has 2 rings (SSSR count). The standard InChI is InChI=1S/C16H20FN3/c1-12(2)19-10-13-7-8-18-11-16(13)20(3)15-6-4-5-14(17)9-15/h4-9,11-12,19H,10H2,1-3H3. The number of benzene rings is 1. The summed E-state index contributed by atoms with van der Waals surface area (Å²) in [5, 5.41) is 3.39. The summed E-state index contributed by atoms with van der Waals surface area (Å²) in [6, 6.07) is 8.96. The lowest BCUT2D eigenvalue weighted by Crippen LogP contribution is -2.23. The molecule has 0 bridgehead atoms. The Balaban J connectivity index is 2.27. The highest BCUT2D eigenvalue weighted by atomic mass is 19.1. The van der Waals surface area contributed by atoms with E-state index in [2.05, 4.69) is 24.1 Å². The molecule has 0 aliphatic rings. The normalized spacial score (nSPS) is 10.8. The van der Waals surface area contributed by atoms with Crippen molar-refractivity contribution in [2.24, 2.45) is 0 Å². The van der Waals surface area contributed by atoms with Gasteiger partial charge in [-0.2, -0.15) is 0 Å². The van der Waals surface area contributed by atoms with Gasteiger partial charge in [0.2, 0.25) is 0 Å². The quantitative estimate of drug-likeness (QED) is 0.904. The van der Waals surface area contributed by atoms with Crippen molar-refractivity contribution in [1.29, 1.82) is 0 Å². The van der Waals surface area contributed by atoms with Crippen molar-refractivity contribution in [2.45, 2.75) is 26.4 Å². The van der Waals surface area contributed by atoms with Crippen molar-refractivity contribution in [1.82, 2.24) is 10.3 Å². The fourth-order valence-corrected chi connectivity index (χ4v) is 2.00. The van der Waals surface area contributed by atoms with Crippen molar-refractivity contribution < 1.29 is 4.39 Å². The Morgan fingerprint density at radius 2 is 2.10 bits per heavy atom. The van der Waals surface area contributed by atoms with Gasteiger partial charge in [0, 0.05) is 31.5 Å². The van der Waals surface area contributed by atoms with Gasteiger partial charge in [-0.3, -0.25) is 4.98 Å². The van der Waals surface area contributed by atoms with Gasteiger partial charge in [0.1, 0.15) is 5.82 Å². The van der Waals surface area contributed by atoms with Crippen LogP contribution in [-0.4, -0.2) is 18.1 Å².